The van der Waals surface area contributed by atoms with E-state index >= 15 is 0 Å². The molecular weight excluding hydrogens is 404 g/mol. The molecule has 0 bridgehead atoms. The third kappa shape index (κ3) is 4.49. The second kappa shape index (κ2) is 9.53. The Kier molecular flexibility index (Phi) is 6.74. The number of methoxy groups -OCH3 is 2. The van der Waals surface area contributed by atoms with E-state index in [0.29, 0.717) is 5.69 Å². The van der Waals surface area contributed by atoms with Crippen LogP contribution in [0.4, 0.5) is 0 Å². The molecule has 1 spiro atoms. The van der Waals surface area contributed by atoms with Gasteiger partial charge in [-0.3, -0.25) is 14.4 Å². The number of hydrogen-bond acceptors (Lipinski definition) is 5. The standard InChI is InChI=1S/C25H36N4O3/c1-5-8-20-15-21(27(2)26-20)24(30)29-14-12-25(18-29)11-7-13-28(17-25)16-19-9-6-10-22(31-3)23(19)32-4/h6,9-10,15H,5,7-8,11-14,16-18H2,1-4H3/t25-/m1/s1. The first-order valence-electron chi connectivity index (χ1n) is 11.7. The van der Waals surface area contributed by atoms with Crippen molar-refractivity contribution in [3.63, 3.8) is 0 Å². The van der Waals surface area contributed by atoms with E-state index in [9.17, 15) is 4.79 Å². The predicted molar refractivity (Wildman–Crippen MR) is 124 cm³/mol. The minimum Gasteiger partial charge on any atom is -0.493 e. The van der Waals surface area contributed by atoms with Gasteiger partial charge in [0.05, 0.1) is 19.9 Å². The molecule has 2 fully saturated rings. The van der Waals surface area contributed by atoms with Gasteiger partial charge in [-0.25, -0.2) is 0 Å². The average Bonchev–Trinajstić information content (AvgIpc) is 3.36. The molecule has 0 aliphatic carbocycles. The third-order valence-corrected chi connectivity index (χ3v) is 7.00. The summed E-state index contributed by atoms with van der Waals surface area (Å²) in [6.07, 6.45) is 5.33. The maximum Gasteiger partial charge on any atom is 0.272 e. The van der Waals surface area contributed by atoms with Crippen molar-refractivity contribution in [3.8, 4) is 11.5 Å². The molecule has 2 aliphatic heterocycles. The van der Waals surface area contributed by atoms with Crippen LogP contribution < -0.4 is 9.47 Å². The largest absolute Gasteiger partial charge is 0.493 e. The number of carbonyl (C=O) groups is 1. The number of likely N-dealkylation sites (tertiary alicyclic amines) is 2. The molecule has 0 N–H and O–H groups in total. The number of hydrogen-bond donors (Lipinski definition) is 0. The number of aromatic nitrogens is 2. The summed E-state index contributed by atoms with van der Waals surface area (Å²) in [5.41, 5.74) is 3.03. The molecule has 1 aromatic heterocycles. The number of rotatable bonds is 7. The van der Waals surface area contributed by atoms with Crippen molar-refractivity contribution in [2.75, 3.05) is 40.4 Å². The van der Waals surface area contributed by atoms with Gasteiger partial charge in [0.15, 0.2) is 11.5 Å². The van der Waals surface area contributed by atoms with E-state index in [4.69, 9.17) is 9.47 Å². The first kappa shape index (κ1) is 22.6. The van der Waals surface area contributed by atoms with Crippen LogP contribution in [0.15, 0.2) is 24.3 Å². The van der Waals surface area contributed by atoms with E-state index in [-0.39, 0.29) is 11.3 Å². The fourth-order valence-electron chi connectivity index (χ4n) is 5.47. The number of nitrogens with zero attached hydrogens (tertiary/aromatic N) is 4. The number of carbonyl (C=O) groups excluding carboxylic acids is 1. The lowest BCUT2D eigenvalue weighted by Crippen LogP contribution is -2.45. The minimum atomic E-state index is 0.116. The zero-order valence-electron chi connectivity index (χ0n) is 19.9. The zero-order valence-corrected chi connectivity index (χ0v) is 19.9. The Balaban J connectivity index is 1.44. The van der Waals surface area contributed by atoms with Crippen molar-refractivity contribution in [1.29, 1.82) is 0 Å². The smallest absolute Gasteiger partial charge is 0.272 e. The maximum absolute atomic E-state index is 13.3. The van der Waals surface area contributed by atoms with E-state index in [2.05, 4.69) is 23.0 Å². The van der Waals surface area contributed by atoms with Crippen molar-refractivity contribution in [1.82, 2.24) is 19.6 Å². The molecule has 3 heterocycles. The molecule has 7 nitrogen and oxygen atoms in total. The van der Waals surface area contributed by atoms with Gasteiger partial charge in [0.1, 0.15) is 5.69 Å². The maximum atomic E-state index is 13.3. The molecule has 0 radical (unpaired) electrons. The number of para-hydroxylation sites is 1. The van der Waals surface area contributed by atoms with Gasteiger partial charge in [-0.05, 0) is 44.4 Å². The van der Waals surface area contributed by atoms with Crippen LogP contribution >= 0.6 is 0 Å². The lowest BCUT2D eigenvalue weighted by molar-refractivity contribution is 0.0665. The predicted octanol–water partition coefficient (Wildman–Crippen LogP) is 3.52. The van der Waals surface area contributed by atoms with Crippen LogP contribution in [0.2, 0.25) is 0 Å². The van der Waals surface area contributed by atoms with Gasteiger partial charge in [-0.15, -0.1) is 0 Å². The molecule has 2 aromatic rings. The van der Waals surface area contributed by atoms with Gasteiger partial charge in [-0.2, -0.15) is 5.10 Å². The first-order valence-corrected chi connectivity index (χ1v) is 11.7. The van der Waals surface area contributed by atoms with Gasteiger partial charge in [-0.1, -0.05) is 25.5 Å². The SMILES string of the molecule is CCCc1cc(C(=O)N2CC[C@@]3(CCCN(Cc4cccc(OC)c4OC)C3)C2)n(C)n1. The summed E-state index contributed by atoms with van der Waals surface area (Å²) in [5.74, 6) is 1.70. The fraction of sp³-hybridized carbons (Fsp3) is 0.600. The second-order valence-electron chi connectivity index (χ2n) is 9.34. The lowest BCUT2D eigenvalue weighted by Gasteiger charge is -2.40. The van der Waals surface area contributed by atoms with Gasteiger partial charge >= 0.3 is 0 Å². The highest BCUT2D eigenvalue weighted by Gasteiger charge is 2.43. The third-order valence-electron chi connectivity index (χ3n) is 7.00. The van der Waals surface area contributed by atoms with Crippen LogP contribution in [0.3, 0.4) is 0 Å². The Morgan fingerprint density at radius 3 is 2.75 bits per heavy atom. The molecule has 7 heteroatoms. The lowest BCUT2D eigenvalue weighted by atomic mass is 9.79. The van der Waals surface area contributed by atoms with Crippen LogP contribution in [0.5, 0.6) is 11.5 Å². The van der Waals surface area contributed by atoms with Gasteiger partial charge in [0.2, 0.25) is 0 Å². The molecule has 2 aliphatic rings. The Hall–Kier alpha value is -2.54. The average molecular weight is 441 g/mol. The van der Waals surface area contributed by atoms with Crippen LogP contribution in [0, 0.1) is 5.41 Å². The summed E-state index contributed by atoms with van der Waals surface area (Å²) in [5, 5.41) is 4.53. The van der Waals surface area contributed by atoms with Crippen molar-refractivity contribution in [2.24, 2.45) is 12.5 Å². The number of amides is 1. The molecule has 1 atom stereocenters. The topological polar surface area (TPSA) is 59.8 Å². The van der Waals surface area contributed by atoms with Crippen LogP contribution in [0.25, 0.3) is 0 Å². The molecular formula is C25H36N4O3. The summed E-state index contributed by atoms with van der Waals surface area (Å²) in [6, 6.07) is 8.04. The van der Waals surface area contributed by atoms with E-state index in [1.165, 1.54) is 6.42 Å². The van der Waals surface area contributed by atoms with Crippen LogP contribution in [-0.2, 0) is 20.0 Å². The summed E-state index contributed by atoms with van der Waals surface area (Å²) >= 11 is 0. The Morgan fingerprint density at radius 1 is 1.16 bits per heavy atom. The van der Waals surface area contributed by atoms with E-state index in [0.717, 1.165) is 81.2 Å². The highest BCUT2D eigenvalue weighted by Crippen LogP contribution is 2.41. The van der Waals surface area contributed by atoms with E-state index in [1.54, 1.807) is 18.9 Å². The van der Waals surface area contributed by atoms with E-state index < -0.39 is 0 Å². The number of piperidine rings is 1. The summed E-state index contributed by atoms with van der Waals surface area (Å²) in [7, 11) is 5.25. The van der Waals surface area contributed by atoms with Crippen molar-refractivity contribution in [2.45, 2.75) is 45.6 Å². The number of ether oxygens (including phenoxy) is 2. The molecule has 0 unspecified atom stereocenters. The summed E-state index contributed by atoms with van der Waals surface area (Å²) < 4.78 is 12.9. The van der Waals surface area contributed by atoms with Crippen LogP contribution in [0.1, 0.15) is 54.4 Å². The summed E-state index contributed by atoms with van der Waals surface area (Å²) in [6.45, 7) is 6.69. The van der Waals surface area contributed by atoms with Gasteiger partial charge in [0, 0.05) is 44.2 Å². The van der Waals surface area contributed by atoms with Crippen LogP contribution in [-0.4, -0.2) is 65.9 Å². The molecule has 2 saturated heterocycles. The number of aryl methyl sites for hydroxylation is 2. The van der Waals surface area contributed by atoms with Gasteiger partial charge < -0.3 is 14.4 Å². The zero-order chi connectivity index (χ0) is 22.7. The van der Waals surface area contributed by atoms with Gasteiger partial charge in [0.25, 0.3) is 5.91 Å². The fourth-order valence-corrected chi connectivity index (χ4v) is 5.47. The first-order chi connectivity index (χ1) is 15.5. The Morgan fingerprint density at radius 2 is 2.00 bits per heavy atom. The summed E-state index contributed by atoms with van der Waals surface area (Å²) in [4.78, 5) is 17.8. The Bertz CT molecular complexity index is 957. The van der Waals surface area contributed by atoms with Crippen molar-refractivity contribution < 1.29 is 14.3 Å². The monoisotopic (exact) mass is 440 g/mol. The highest BCUT2D eigenvalue weighted by atomic mass is 16.5. The quantitative estimate of drug-likeness (QED) is 0.659. The molecule has 32 heavy (non-hydrogen) atoms. The molecule has 1 aromatic carbocycles. The normalized spacial score (nSPS) is 21.3. The van der Waals surface area contributed by atoms with Crippen molar-refractivity contribution >= 4 is 5.91 Å². The highest BCUT2D eigenvalue weighted by molar-refractivity contribution is 5.93. The molecule has 1 amide bonds. The van der Waals surface area contributed by atoms with Crippen molar-refractivity contribution in [3.05, 3.63) is 41.2 Å². The second-order valence-corrected chi connectivity index (χ2v) is 9.34. The van der Waals surface area contributed by atoms with E-state index in [1.807, 2.05) is 30.1 Å². The minimum absolute atomic E-state index is 0.116. The molecule has 4 rings (SSSR count). The molecule has 174 valence electrons. The Labute approximate surface area is 191 Å². The molecule has 0 saturated carbocycles. The number of benzene rings is 1.